The molecule has 0 saturated heterocycles. The normalized spacial score (nSPS) is 10.2. The fourth-order valence-electron chi connectivity index (χ4n) is 1.15. The fraction of sp³-hybridized carbons (Fsp3) is 0.400. The minimum absolute atomic E-state index is 0.652. The highest BCUT2D eigenvalue weighted by Gasteiger charge is 1.99. The van der Waals surface area contributed by atoms with Crippen LogP contribution in [0.2, 0.25) is 0 Å². The zero-order valence-electron chi connectivity index (χ0n) is 7.54. The minimum Gasteiger partial charge on any atom is -0.380 e. The van der Waals surface area contributed by atoms with E-state index in [1.807, 2.05) is 12.1 Å². The Labute approximate surface area is 73.1 Å². The van der Waals surface area contributed by atoms with Gasteiger partial charge in [0.2, 0.25) is 0 Å². The van der Waals surface area contributed by atoms with Gasteiger partial charge in [-0.25, -0.2) is 0 Å². The molecule has 2 heteroatoms. The molecular weight excluding hydrogens is 152 g/mol. The molecule has 0 aliphatic carbocycles. The van der Waals surface area contributed by atoms with Crippen LogP contribution in [0.5, 0.6) is 0 Å². The summed E-state index contributed by atoms with van der Waals surface area (Å²) in [6, 6.07) is 8.12. The molecule has 0 heterocycles. The van der Waals surface area contributed by atoms with Crippen LogP contribution in [-0.2, 0) is 22.7 Å². The molecule has 0 bridgehead atoms. The second kappa shape index (κ2) is 4.91. The van der Waals surface area contributed by atoms with Crippen molar-refractivity contribution in [1.82, 2.24) is 0 Å². The van der Waals surface area contributed by atoms with Crippen LogP contribution in [0.25, 0.3) is 0 Å². The van der Waals surface area contributed by atoms with Crippen LogP contribution in [-0.4, -0.2) is 14.2 Å². The Morgan fingerprint density at radius 2 is 1.33 bits per heavy atom. The molecule has 0 amide bonds. The SMILES string of the molecule is COCc1ccccc1COC. The van der Waals surface area contributed by atoms with Crippen molar-refractivity contribution in [2.24, 2.45) is 0 Å². The lowest BCUT2D eigenvalue weighted by Gasteiger charge is -2.06. The van der Waals surface area contributed by atoms with E-state index in [4.69, 9.17) is 9.47 Å². The van der Waals surface area contributed by atoms with Gasteiger partial charge in [0.1, 0.15) is 0 Å². The van der Waals surface area contributed by atoms with E-state index in [0.29, 0.717) is 13.2 Å². The first-order chi connectivity index (χ1) is 5.88. The van der Waals surface area contributed by atoms with E-state index in [-0.39, 0.29) is 0 Å². The molecular formula is C10H14O2. The highest BCUT2D eigenvalue weighted by Crippen LogP contribution is 2.10. The molecule has 0 saturated carbocycles. The Kier molecular flexibility index (Phi) is 3.77. The lowest BCUT2D eigenvalue weighted by molar-refractivity contribution is 0.168. The molecule has 1 aromatic rings. The summed E-state index contributed by atoms with van der Waals surface area (Å²) in [7, 11) is 3.40. The lowest BCUT2D eigenvalue weighted by atomic mass is 10.1. The van der Waals surface area contributed by atoms with Gasteiger partial charge in [-0.05, 0) is 11.1 Å². The van der Waals surface area contributed by atoms with Gasteiger partial charge in [0.25, 0.3) is 0 Å². The minimum atomic E-state index is 0.652. The second-order valence-corrected chi connectivity index (χ2v) is 2.63. The van der Waals surface area contributed by atoms with Crippen molar-refractivity contribution in [2.45, 2.75) is 13.2 Å². The number of rotatable bonds is 4. The average Bonchev–Trinajstić information content (AvgIpc) is 2.09. The van der Waals surface area contributed by atoms with Crippen LogP contribution in [0, 0.1) is 0 Å². The molecule has 1 aromatic carbocycles. The molecule has 0 radical (unpaired) electrons. The van der Waals surface area contributed by atoms with E-state index in [1.165, 1.54) is 11.1 Å². The summed E-state index contributed by atoms with van der Waals surface area (Å²) in [4.78, 5) is 0. The first-order valence-electron chi connectivity index (χ1n) is 3.93. The Bertz CT molecular complexity index is 208. The lowest BCUT2D eigenvalue weighted by Crippen LogP contribution is -1.96. The molecule has 0 fully saturated rings. The van der Waals surface area contributed by atoms with Crippen LogP contribution in [0.1, 0.15) is 11.1 Å². The number of ether oxygens (including phenoxy) is 2. The predicted octanol–water partition coefficient (Wildman–Crippen LogP) is 1.98. The number of hydrogen-bond donors (Lipinski definition) is 0. The van der Waals surface area contributed by atoms with E-state index < -0.39 is 0 Å². The van der Waals surface area contributed by atoms with Crippen molar-refractivity contribution in [3.8, 4) is 0 Å². The van der Waals surface area contributed by atoms with E-state index in [0.717, 1.165) is 0 Å². The molecule has 0 N–H and O–H groups in total. The molecule has 0 spiro atoms. The van der Waals surface area contributed by atoms with Gasteiger partial charge >= 0.3 is 0 Å². The van der Waals surface area contributed by atoms with Crippen molar-refractivity contribution in [3.63, 3.8) is 0 Å². The van der Waals surface area contributed by atoms with E-state index in [1.54, 1.807) is 14.2 Å². The summed E-state index contributed by atoms with van der Waals surface area (Å²) in [5.41, 5.74) is 2.39. The molecule has 0 unspecified atom stereocenters. The van der Waals surface area contributed by atoms with E-state index in [2.05, 4.69) is 12.1 Å². The predicted molar refractivity (Wildman–Crippen MR) is 47.9 cm³/mol. The van der Waals surface area contributed by atoms with Crippen molar-refractivity contribution in [2.75, 3.05) is 14.2 Å². The monoisotopic (exact) mass is 166 g/mol. The van der Waals surface area contributed by atoms with Gasteiger partial charge in [-0.2, -0.15) is 0 Å². The summed E-state index contributed by atoms with van der Waals surface area (Å²) >= 11 is 0. The van der Waals surface area contributed by atoms with Gasteiger partial charge in [0.15, 0.2) is 0 Å². The van der Waals surface area contributed by atoms with Gasteiger partial charge in [-0.1, -0.05) is 24.3 Å². The first kappa shape index (κ1) is 9.23. The summed E-state index contributed by atoms with van der Waals surface area (Å²) < 4.78 is 10.1. The highest BCUT2D eigenvalue weighted by atomic mass is 16.5. The number of benzene rings is 1. The highest BCUT2D eigenvalue weighted by molar-refractivity contribution is 5.25. The van der Waals surface area contributed by atoms with E-state index in [9.17, 15) is 0 Å². The molecule has 0 aromatic heterocycles. The molecule has 0 aliphatic rings. The number of hydrogen-bond acceptors (Lipinski definition) is 2. The Hall–Kier alpha value is -0.860. The van der Waals surface area contributed by atoms with Crippen LogP contribution in [0.4, 0.5) is 0 Å². The molecule has 0 atom stereocenters. The topological polar surface area (TPSA) is 18.5 Å². The summed E-state index contributed by atoms with van der Waals surface area (Å²) in [5.74, 6) is 0. The van der Waals surface area contributed by atoms with Crippen molar-refractivity contribution in [1.29, 1.82) is 0 Å². The van der Waals surface area contributed by atoms with Crippen LogP contribution in [0.15, 0.2) is 24.3 Å². The quantitative estimate of drug-likeness (QED) is 0.681. The smallest absolute Gasteiger partial charge is 0.0716 e. The summed E-state index contributed by atoms with van der Waals surface area (Å²) in [6.07, 6.45) is 0. The maximum atomic E-state index is 5.06. The number of methoxy groups -OCH3 is 2. The Balaban J connectivity index is 2.77. The van der Waals surface area contributed by atoms with E-state index >= 15 is 0 Å². The third-order valence-electron chi connectivity index (χ3n) is 1.72. The zero-order valence-corrected chi connectivity index (χ0v) is 7.54. The molecule has 0 aliphatic heterocycles. The van der Waals surface area contributed by atoms with Gasteiger partial charge < -0.3 is 9.47 Å². The average molecular weight is 166 g/mol. The Morgan fingerprint density at radius 3 is 1.67 bits per heavy atom. The van der Waals surface area contributed by atoms with Gasteiger partial charge in [-0.3, -0.25) is 0 Å². The summed E-state index contributed by atoms with van der Waals surface area (Å²) in [5, 5.41) is 0. The molecule has 1 rings (SSSR count). The zero-order chi connectivity index (χ0) is 8.81. The third kappa shape index (κ3) is 2.32. The molecule has 66 valence electrons. The maximum absolute atomic E-state index is 5.06. The molecule has 12 heavy (non-hydrogen) atoms. The van der Waals surface area contributed by atoms with Crippen LogP contribution < -0.4 is 0 Å². The van der Waals surface area contributed by atoms with Gasteiger partial charge in [0, 0.05) is 14.2 Å². The second-order valence-electron chi connectivity index (χ2n) is 2.63. The maximum Gasteiger partial charge on any atom is 0.0716 e. The third-order valence-corrected chi connectivity index (χ3v) is 1.72. The Morgan fingerprint density at radius 1 is 0.917 bits per heavy atom. The first-order valence-corrected chi connectivity index (χ1v) is 3.93. The van der Waals surface area contributed by atoms with Crippen molar-refractivity contribution in [3.05, 3.63) is 35.4 Å². The largest absolute Gasteiger partial charge is 0.380 e. The van der Waals surface area contributed by atoms with Gasteiger partial charge in [-0.15, -0.1) is 0 Å². The van der Waals surface area contributed by atoms with Gasteiger partial charge in [0.05, 0.1) is 13.2 Å². The van der Waals surface area contributed by atoms with Crippen molar-refractivity contribution < 1.29 is 9.47 Å². The summed E-state index contributed by atoms with van der Waals surface area (Å²) in [6.45, 7) is 1.30. The fourth-order valence-corrected chi connectivity index (χ4v) is 1.15. The van der Waals surface area contributed by atoms with Crippen LogP contribution in [0.3, 0.4) is 0 Å². The molecule has 2 nitrogen and oxygen atoms in total. The standard InChI is InChI=1S/C10H14O2/c1-11-7-9-5-3-4-6-10(9)8-12-2/h3-6H,7-8H2,1-2H3. The van der Waals surface area contributed by atoms with Crippen molar-refractivity contribution >= 4 is 0 Å². The van der Waals surface area contributed by atoms with Crippen LogP contribution >= 0.6 is 0 Å².